The van der Waals surface area contributed by atoms with Crippen LogP contribution in [0.15, 0.2) is 6.33 Å². The number of carbonyl (C=O) groups is 1. The lowest BCUT2D eigenvalue weighted by Crippen LogP contribution is -2.19. The number of carbonyl (C=O) groups excluding carboxylic acids is 1. The maximum Gasteiger partial charge on any atom is 0.404 e. The third kappa shape index (κ3) is 3.37. The van der Waals surface area contributed by atoms with Gasteiger partial charge < -0.3 is 15.8 Å². The van der Waals surface area contributed by atoms with Crippen LogP contribution in [0.5, 0.6) is 0 Å². The second-order valence-corrected chi connectivity index (χ2v) is 2.72. The van der Waals surface area contributed by atoms with Crippen molar-refractivity contribution < 1.29 is 13.9 Å². The fourth-order valence-electron chi connectivity index (χ4n) is 0.902. The number of anilines is 1. The highest BCUT2D eigenvalue weighted by Gasteiger charge is 2.06. The van der Waals surface area contributed by atoms with Gasteiger partial charge in [0.1, 0.15) is 12.9 Å². The largest absolute Gasteiger partial charge is 0.448 e. The monoisotopic (exact) mass is 214 g/mol. The van der Waals surface area contributed by atoms with E-state index in [1.54, 1.807) is 0 Å². The summed E-state index contributed by atoms with van der Waals surface area (Å²) in [6.07, 6.45) is 0.381. The van der Waals surface area contributed by atoms with Crippen LogP contribution in [-0.2, 0) is 4.74 Å². The fourth-order valence-corrected chi connectivity index (χ4v) is 0.902. The number of hydrogen-bond donors (Lipinski definition) is 2. The highest BCUT2D eigenvalue weighted by molar-refractivity contribution is 5.64. The second kappa shape index (κ2) is 5.08. The van der Waals surface area contributed by atoms with Gasteiger partial charge in [-0.25, -0.2) is 19.2 Å². The normalized spacial score (nSPS) is 9.73. The molecule has 0 bridgehead atoms. The number of hydrogen-bond acceptors (Lipinski definition) is 5. The van der Waals surface area contributed by atoms with Gasteiger partial charge in [-0.3, -0.25) is 0 Å². The van der Waals surface area contributed by atoms with E-state index in [9.17, 15) is 9.18 Å². The summed E-state index contributed by atoms with van der Waals surface area (Å²) in [5.41, 5.74) is 4.99. The van der Waals surface area contributed by atoms with Crippen molar-refractivity contribution in [2.45, 2.75) is 6.92 Å². The molecule has 7 heteroatoms. The van der Waals surface area contributed by atoms with Gasteiger partial charge in [0.05, 0.1) is 12.2 Å². The van der Waals surface area contributed by atoms with E-state index in [1.807, 2.05) is 0 Å². The molecule has 1 amide bonds. The molecule has 15 heavy (non-hydrogen) atoms. The Kier molecular flexibility index (Phi) is 3.78. The van der Waals surface area contributed by atoms with Crippen molar-refractivity contribution in [3.05, 3.63) is 17.8 Å². The third-order valence-corrected chi connectivity index (χ3v) is 1.60. The second-order valence-electron chi connectivity index (χ2n) is 2.72. The van der Waals surface area contributed by atoms with Gasteiger partial charge in [-0.15, -0.1) is 0 Å². The van der Waals surface area contributed by atoms with E-state index in [0.29, 0.717) is 0 Å². The molecule has 1 rings (SSSR count). The van der Waals surface area contributed by atoms with Crippen molar-refractivity contribution in [1.29, 1.82) is 0 Å². The number of rotatable bonds is 4. The Hall–Kier alpha value is -1.92. The molecular weight excluding hydrogens is 203 g/mol. The molecule has 0 atom stereocenters. The maximum atomic E-state index is 13.3. The van der Waals surface area contributed by atoms with Crippen LogP contribution in [0.4, 0.5) is 15.0 Å². The van der Waals surface area contributed by atoms with Crippen molar-refractivity contribution in [3.63, 3.8) is 0 Å². The molecule has 0 aromatic carbocycles. The summed E-state index contributed by atoms with van der Waals surface area (Å²) in [5.74, 6) is -0.438. The molecule has 0 aliphatic rings. The minimum atomic E-state index is -0.865. The first kappa shape index (κ1) is 11.2. The Bertz CT molecular complexity index is 358. The molecule has 6 nitrogen and oxygen atoms in total. The molecule has 0 fully saturated rings. The minimum Gasteiger partial charge on any atom is -0.448 e. The molecular formula is C8H11FN4O2. The summed E-state index contributed by atoms with van der Waals surface area (Å²) in [4.78, 5) is 17.6. The highest BCUT2D eigenvalue weighted by Crippen LogP contribution is 2.10. The van der Waals surface area contributed by atoms with Crippen LogP contribution in [-0.4, -0.2) is 29.2 Å². The lowest BCUT2D eigenvalue weighted by Gasteiger charge is -2.06. The summed E-state index contributed by atoms with van der Waals surface area (Å²) in [5, 5.41) is 2.65. The number of ether oxygens (including phenoxy) is 1. The number of amides is 1. The predicted molar refractivity (Wildman–Crippen MR) is 50.8 cm³/mol. The third-order valence-electron chi connectivity index (χ3n) is 1.60. The Morgan fingerprint density at radius 2 is 2.40 bits per heavy atom. The Labute approximate surface area is 85.7 Å². The summed E-state index contributed by atoms with van der Waals surface area (Å²) in [6, 6.07) is 0. The van der Waals surface area contributed by atoms with Crippen LogP contribution in [0, 0.1) is 12.7 Å². The van der Waals surface area contributed by atoms with Gasteiger partial charge in [-0.1, -0.05) is 0 Å². The number of aryl methyl sites for hydroxylation is 1. The molecule has 0 saturated carbocycles. The summed E-state index contributed by atoms with van der Waals surface area (Å²) >= 11 is 0. The Balaban J connectivity index is 2.44. The van der Waals surface area contributed by atoms with Crippen molar-refractivity contribution >= 4 is 11.9 Å². The van der Waals surface area contributed by atoms with E-state index in [2.05, 4.69) is 20.0 Å². The van der Waals surface area contributed by atoms with E-state index in [1.165, 1.54) is 13.3 Å². The van der Waals surface area contributed by atoms with Crippen LogP contribution in [0.1, 0.15) is 5.69 Å². The van der Waals surface area contributed by atoms with Gasteiger partial charge in [-0.05, 0) is 6.92 Å². The van der Waals surface area contributed by atoms with Crippen LogP contribution in [0.2, 0.25) is 0 Å². The van der Waals surface area contributed by atoms with E-state index < -0.39 is 11.9 Å². The minimum absolute atomic E-state index is 0.0534. The van der Waals surface area contributed by atoms with E-state index in [4.69, 9.17) is 5.73 Å². The quantitative estimate of drug-likeness (QED) is 0.709. The van der Waals surface area contributed by atoms with Gasteiger partial charge in [0, 0.05) is 0 Å². The molecule has 0 radical (unpaired) electrons. The summed E-state index contributed by atoms with van der Waals surface area (Å²) in [6.45, 7) is 1.82. The molecule has 3 N–H and O–H groups in total. The molecule has 0 spiro atoms. The van der Waals surface area contributed by atoms with Crippen molar-refractivity contribution in [2.24, 2.45) is 5.73 Å². The zero-order chi connectivity index (χ0) is 11.3. The zero-order valence-electron chi connectivity index (χ0n) is 8.16. The van der Waals surface area contributed by atoms with E-state index >= 15 is 0 Å². The lowest BCUT2D eigenvalue weighted by atomic mass is 10.4. The highest BCUT2D eigenvalue weighted by atomic mass is 19.1. The van der Waals surface area contributed by atoms with Crippen molar-refractivity contribution in [3.8, 4) is 0 Å². The van der Waals surface area contributed by atoms with Crippen LogP contribution in [0.3, 0.4) is 0 Å². The SMILES string of the molecule is Cc1ncnc(NCCOC(N)=O)c1F. The molecule has 0 aliphatic carbocycles. The molecule has 1 heterocycles. The first-order chi connectivity index (χ1) is 7.11. The smallest absolute Gasteiger partial charge is 0.404 e. The number of nitrogens with zero attached hydrogens (tertiary/aromatic N) is 2. The Morgan fingerprint density at radius 1 is 1.67 bits per heavy atom. The van der Waals surface area contributed by atoms with E-state index in [-0.39, 0.29) is 24.7 Å². The molecule has 0 aliphatic heterocycles. The lowest BCUT2D eigenvalue weighted by molar-refractivity contribution is 0.161. The standard InChI is InChI=1S/C8H11FN4O2/c1-5-6(9)7(13-4-12-5)11-2-3-15-8(10)14/h4H,2-3H2,1H3,(H2,10,14)(H,11,12,13). The number of aromatic nitrogens is 2. The average molecular weight is 214 g/mol. The predicted octanol–water partition coefficient (Wildman–Crippen LogP) is 0.431. The molecule has 0 saturated heterocycles. The maximum absolute atomic E-state index is 13.3. The molecule has 1 aromatic heterocycles. The molecule has 82 valence electrons. The van der Waals surface area contributed by atoms with Gasteiger partial charge in [0.2, 0.25) is 0 Å². The van der Waals surface area contributed by atoms with E-state index in [0.717, 1.165) is 0 Å². The Morgan fingerprint density at radius 3 is 3.07 bits per heavy atom. The molecule has 1 aromatic rings. The van der Waals surface area contributed by atoms with Crippen molar-refractivity contribution in [1.82, 2.24) is 9.97 Å². The van der Waals surface area contributed by atoms with Gasteiger partial charge in [0.15, 0.2) is 11.6 Å². The number of primary amides is 1. The fraction of sp³-hybridized carbons (Fsp3) is 0.375. The number of nitrogens with two attached hydrogens (primary N) is 1. The van der Waals surface area contributed by atoms with Gasteiger partial charge in [0.25, 0.3) is 0 Å². The van der Waals surface area contributed by atoms with Crippen LogP contribution < -0.4 is 11.1 Å². The topological polar surface area (TPSA) is 90.1 Å². The van der Waals surface area contributed by atoms with Gasteiger partial charge >= 0.3 is 6.09 Å². The summed E-state index contributed by atoms with van der Waals surface area (Å²) in [7, 11) is 0. The van der Waals surface area contributed by atoms with Gasteiger partial charge in [-0.2, -0.15) is 0 Å². The first-order valence-corrected chi connectivity index (χ1v) is 4.24. The zero-order valence-corrected chi connectivity index (χ0v) is 8.16. The average Bonchev–Trinajstić information content (AvgIpc) is 2.18. The van der Waals surface area contributed by atoms with Crippen LogP contribution in [0.25, 0.3) is 0 Å². The molecule has 0 unspecified atom stereocenters. The summed E-state index contributed by atoms with van der Waals surface area (Å²) < 4.78 is 17.7. The number of halogens is 1. The van der Waals surface area contributed by atoms with Crippen molar-refractivity contribution in [2.75, 3.05) is 18.5 Å². The first-order valence-electron chi connectivity index (χ1n) is 4.24. The van der Waals surface area contributed by atoms with Crippen LogP contribution >= 0.6 is 0 Å². The number of nitrogens with one attached hydrogen (secondary N) is 1.